The first-order valence-electron chi connectivity index (χ1n) is 6.69. The number of allylic oxidation sites excluding steroid dienone is 2. The molecule has 0 aliphatic carbocycles. The fourth-order valence-corrected chi connectivity index (χ4v) is 2.73. The lowest BCUT2D eigenvalue weighted by Crippen LogP contribution is -2.43. The number of methoxy groups -OCH3 is 1. The predicted molar refractivity (Wildman–Crippen MR) is 82.7 cm³/mol. The Balaban J connectivity index is 4.20. The zero-order valence-electron chi connectivity index (χ0n) is 13.3. The van der Waals surface area contributed by atoms with Crippen molar-refractivity contribution in [1.82, 2.24) is 0 Å². The molecule has 4 heteroatoms. The highest BCUT2D eigenvalue weighted by molar-refractivity contribution is 6.74. The van der Waals surface area contributed by atoms with Gasteiger partial charge in [-0.1, -0.05) is 39.0 Å². The van der Waals surface area contributed by atoms with Crippen LogP contribution in [-0.4, -0.2) is 27.5 Å². The van der Waals surface area contributed by atoms with Gasteiger partial charge in [0.1, 0.15) is 0 Å². The molecule has 0 heterocycles. The first-order chi connectivity index (χ1) is 8.60. The first kappa shape index (κ1) is 18.1. The molecule has 0 aliphatic rings. The minimum absolute atomic E-state index is 0.198. The number of hydrogen-bond donors (Lipinski definition) is 0. The van der Waals surface area contributed by atoms with Crippen molar-refractivity contribution < 1.29 is 14.0 Å². The largest absolute Gasteiger partial charge is 0.466 e. The molecule has 0 aromatic rings. The van der Waals surface area contributed by atoms with E-state index in [2.05, 4.69) is 45.5 Å². The van der Waals surface area contributed by atoms with E-state index in [1.165, 1.54) is 13.2 Å². The molecule has 0 spiro atoms. The smallest absolute Gasteiger partial charge is 0.330 e. The standard InChI is InChI=1S/C15H28O3Si/c1-13(18-19(6,7)15(2,3)4)11-9-8-10-12-14(16)17-5/h8-10,12-13H,11H2,1-7H3/b9-8+,12-10+/t13-/m1/s1. The van der Waals surface area contributed by atoms with Gasteiger partial charge in [-0.25, -0.2) is 4.79 Å². The van der Waals surface area contributed by atoms with Gasteiger partial charge < -0.3 is 9.16 Å². The summed E-state index contributed by atoms with van der Waals surface area (Å²) in [5.41, 5.74) is 0. The summed E-state index contributed by atoms with van der Waals surface area (Å²) in [6.07, 6.45) is 7.99. The highest BCUT2D eigenvalue weighted by Gasteiger charge is 2.38. The Kier molecular flexibility index (Phi) is 7.30. The Morgan fingerprint density at radius 1 is 1.26 bits per heavy atom. The van der Waals surface area contributed by atoms with Crippen molar-refractivity contribution in [1.29, 1.82) is 0 Å². The van der Waals surface area contributed by atoms with E-state index in [1.807, 2.05) is 12.2 Å². The molecule has 0 rings (SSSR count). The third-order valence-corrected chi connectivity index (χ3v) is 8.05. The molecule has 1 atom stereocenters. The molecule has 0 aliphatic heterocycles. The predicted octanol–water partition coefficient (Wildman–Crippen LogP) is 4.07. The maximum Gasteiger partial charge on any atom is 0.330 e. The van der Waals surface area contributed by atoms with Gasteiger partial charge in [-0.2, -0.15) is 0 Å². The van der Waals surface area contributed by atoms with Gasteiger partial charge in [0.2, 0.25) is 0 Å². The van der Waals surface area contributed by atoms with Crippen LogP contribution in [0.15, 0.2) is 24.3 Å². The highest BCUT2D eigenvalue weighted by Crippen LogP contribution is 2.37. The van der Waals surface area contributed by atoms with Crippen LogP contribution >= 0.6 is 0 Å². The van der Waals surface area contributed by atoms with Crippen LogP contribution in [0.3, 0.4) is 0 Å². The van der Waals surface area contributed by atoms with Gasteiger partial charge in [-0.3, -0.25) is 0 Å². The van der Waals surface area contributed by atoms with E-state index in [-0.39, 0.29) is 17.1 Å². The quantitative estimate of drug-likeness (QED) is 0.319. The summed E-state index contributed by atoms with van der Waals surface area (Å²) in [5, 5.41) is 0.232. The van der Waals surface area contributed by atoms with Crippen LogP contribution in [0.2, 0.25) is 18.1 Å². The van der Waals surface area contributed by atoms with Crippen LogP contribution in [-0.2, 0) is 14.0 Å². The minimum atomic E-state index is -1.69. The lowest BCUT2D eigenvalue weighted by molar-refractivity contribution is -0.134. The topological polar surface area (TPSA) is 35.5 Å². The molecule has 0 saturated heterocycles. The molecular formula is C15H28O3Si. The van der Waals surface area contributed by atoms with Crippen molar-refractivity contribution in [3.05, 3.63) is 24.3 Å². The second-order valence-corrected chi connectivity index (χ2v) is 11.0. The summed E-state index contributed by atoms with van der Waals surface area (Å²) in [4.78, 5) is 10.8. The molecule has 0 aromatic carbocycles. The fourth-order valence-electron chi connectivity index (χ4n) is 1.28. The molecule has 0 amide bonds. The van der Waals surface area contributed by atoms with Gasteiger partial charge >= 0.3 is 5.97 Å². The summed E-state index contributed by atoms with van der Waals surface area (Å²) < 4.78 is 10.7. The number of carbonyl (C=O) groups is 1. The molecule has 19 heavy (non-hydrogen) atoms. The third kappa shape index (κ3) is 7.33. The van der Waals surface area contributed by atoms with Crippen molar-refractivity contribution in [3.8, 4) is 0 Å². The minimum Gasteiger partial charge on any atom is -0.466 e. The number of carbonyl (C=O) groups excluding carboxylic acids is 1. The highest BCUT2D eigenvalue weighted by atomic mass is 28.4. The molecule has 110 valence electrons. The monoisotopic (exact) mass is 284 g/mol. The van der Waals surface area contributed by atoms with Gasteiger partial charge in [-0.15, -0.1) is 0 Å². The summed E-state index contributed by atoms with van der Waals surface area (Å²) in [7, 11) is -0.320. The summed E-state index contributed by atoms with van der Waals surface area (Å²) >= 11 is 0. The van der Waals surface area contributed by atoms with Crippen LogP contribution in [0, 0.1) is 0 Å². The second-order valence-electron chi connectivity index (χ2n) is 6.23. The SMILES string of the molecule is COC(=O)/C=C/C=C/C[C@@H](C)O[Si](C)(C)C(C)(C)C. The molecule has 0 radical (unpaired) electrons. The third-order valence-electron chi connectivity index (χ3n) is 3.45. The first-order valence-corrected chi connectivity index (χ1v) is 9.60. The lowest BCUT2D eigenvalue weighted by Gasteiger charge is -2.38. The zero-order chi connectivity index (χ0) is 15.1. The summed E-state index contributed by atoms with van der Waals surface area (Å²) in [5.74, 6) is -0.338. The molecule has 0 bridgehead atoms. The van der Waals surface area contributed by atoms with E-state index in [1.54, 1.807) is 6.08 Å². The molecule has 0 N–H and O–H groups in total. The van der Waals surface area contributed by atoms with E-state index in [4.69, 9.17) is 4.43 Å². The Bertz CT molecular complexity index is 338. The number of esters is 1. The van der Waals surface area contributed by atoms with E-state index in [0.29, 0.717) is 0 Å². The van der Waals surface area contributed by atoms with E-state index < -0.39 is 8.32 Å². The fraction of sp³-hybridized carbons (Fsp3) is 0.667. The average Bonchev–Trinajstić information content (AvgIpc) is 2.25. The molecule has 0 aromatic heterocycles. The van der Waals surface area contributed by atoms with Gasteiger partial charge in [0, 0.05) is 12.2 Å². The number of ether oxygens (including phenoxy) is 1. The van der Waals surface area contributed by atoms with E-state index >= 15 is 0 Å². The van der Waals surface area contributed by atoms with Crippen LogP contribution in [0.25, 0.3) is 0 Å². The van der Waals surface area contributed by atoms with E-state index in [0.717, 1.165) is 6.42 Å². The van der Waals surface area contributed by atoms with Crippen LogP contribution < -0.4 is 0 Å². The molecule has 3 nitrogen and oxygen atoms in total. The maximum atomic E-state index is 10.8. The Hall–Kier alpha value is -0.873. The number of hydrogen-bond acceptors (Lipinski definition) is 3. The maximum absolute atomic E-state index is 10.8. The molecular weight excluding hydrogens is 256 g/mol. The van der Waals surface area contributed by atoms with Gasteiger partial charge in [0.25, 0.3) is 0 Å². The molecule has 0 saturated carbocycles. The van der Waals surface area contributed by atoms with Gasteiger partial charge in [-0.05, 0) is 31.5 Å². The van der Waals surface area contributed by atoms with Gasteiger partial charge in [0.05, 0.1) is 7.11 Å². The molecule has 0 unspecified atom stereocenters. The van der Waals surface area contributed by atoms with Crippen LogP contribution in [0.4, 0.5) is 0 Å². The van der Waals surface area contributed by atoms with Crippen molar-refractivity contribution in [3.63, 3.8) is 0 Å². The Morgan fingerprint density at radius 2 is 1.84 bits per heavy atom. The summed E-state index contributed by atoms with van der Waals surface area (Å²) in [6, 6.07) is 0. The lowest BCUT2D eigenvalue weighted by atomic mass is 10.2. The normalized spacial score (nSPS) is 15.1. The van der Waals surface area contributed by atoms with Crippen LogP contribution in [0.1, 0.15) is 34.1 Å². The van der Waals surface area contributed by atoms with Gasteiger partial charge in [0.15, 0.2) is 8.32 Å². The van der Waals surface area contributed by atoms with E-state index in [9.17, 15) is 4.79 Å². The van der Waals surface area contributed by atoms with Crippen molar-refractivity contribution in [2.24, 2.45) is 0 Å². The Labute approximate surface area is 118 Å². The molecule has 0 fully saturated rings. The Morgan fingerprint density at radius 3 is 2.32 bits per heavy atom. The summed E-state index contributed by atoms with van der Waals surface area (Å²) in [6.45, 7) is 13.3. The van der Waals surface area contributed by atoms with Crippen molar-refractivity contribution >= 4 is 14.3 Å². The zero-order valence-corrected chi connectivity index (χ0v) is 14.3. The van der Waals surface area contributed by atoms with Crippen molar-refractivity contribution in [2.75, 3.05) is 7.11 Å². The average molecular weight is 284 g/mol. The van der Waals surface area contributed by atoms with Crippen LogP contribution in [0.5, 0.6) is 0 Å². The number of rotatable bonds is 6. The second kappa shape index (κ2) is 7.65. The van der Waals surface area contributed by atoms with Crippen molar-refractivity contribution in [2.45, 2.75) is 58.4 Å².